The van der Waals surface area contributed by atoms with Crippen molar-refractivity contribution >= 4 is 22.6 Å². The van der Waals surface area contributed by atoms with E-state index < -0.39 is 11.2 Å². The molecule has 4 rings (SSSR count). The number of hydrogen-bond acceptors (Lipinski definition) is 5. The van der Waals surface area contributed by atoms with Gasteiger partial charge in [-0.2, -0.15) is 0 Å². The monoisotopic (exact) mass is 366 g/mol. The molecule has 1 amide bonds. The topological polar surface area (TPSA) is 86.4 Å². The van der Waals surface area contributed by atoms with Crippen LogP contribution in [0.1, 0.15) is 5.56 Å². The Labute approximate surface area is 154 Å². The van der Waals surface area contributed by atoms with Crippen molar-refractivity contribution in [2.45, 2.75) is 13.0 Å². The van der Waals surface area contributed by atoms with Crippen LogP contribution in [0.4, 0.5) is 5.69 Å². The second kappa shape index (κ2) is 6.39. The van der Waals surface area contributed by atoms with E-state index in [4.69, 9.17) is 4.74 Å². The number of anilines is 1. The fourth-order valence-corrected chi connectivity index (χ4v) is 3.51. The van der Waals surface area contributed by atoms with E-state index >= 15 is 0 Å². The van der Waals surface area contributed by atoms with Crippen LogP contribution in [0.2, 0.25) is 0 Å². The molecule has 0 saturated carbocycles. The first kappa shape index (κ1) is 17.0. The van der Waals surface area contributed by atoms with Gasteiger partial charge in [0.05, 0.1) is 7.11 Å². The maximum absolute atomic E-state index is 12.9. The van der Waals surface area contributed by atoms with Crippen molar-refractivity contribution in [3.05, 3.63) is 62.9 Å². The van der Waals surface area contributed by atoms with Crippen LogP contribution >= 0.6 is 0 Å². The van der Waals surface area contributed by atoms with Gasteiger partial charge in [0.2, 0.25) is 5.91 Å². The average molecular weight is 366 g/mol. The maximum atomic E-state index is 12.9. The molecule has 0 radical (unpaired) electrons. The minimum atomic E-state index is -0.589. The Kier molecular flexibility index (Phi) is 4.02. The molecule has 8 nitrogen and oxygen atoms in total. The highest BCUT2D eigenvalue weighted by atomic mass is 16.5. The van der Waals surface area contributed by atoms with Crippen molar-refractivity contribution in [2.75, 3.05) is 18.6 Å². The minimum absolute atomic E-state index is 0.178. The summed E-state index contributed by atoms with van der Waals surface area (Å²) in [7, 11) is 2.96. The molecule has 3 aromatic rings. The number of pyridine rings is 1. The lowest BCUT2D eigenvalue weighted by atomic mass is 10.2. The van der Waals surface area contributed by atoms with Crippen molar-refractivity contribution in [1.29, 1.82) is 0 Å². The number of methoxy groups -OCH3 is 1. The summed E-state index contributed by atoms with van der Waals surface area (Å²) in [6.45, 7) is 0.194. The normalized spacial score (nSPS) is 13.0. The first-order chi connectivity index (χ1) is 13.0. The number of carbonyl (C=O) groups is 1. The number of hydrogen-bond donors (Lipinski definition) is 0. The molecule has 0 N–H and O–H groups in total. The van der Waals surface area contributed by atoms with Gasteiger partial charge in [0.25, 0.3) is 5.56 Å². The van der Waals surface area contributed by atoms with E-state index in [1.54, 1.807) is 11.0 Å². The third kappa shape index (κ3) is 2.61. The van der Waals surface area contributed by atoms with Crippen LogP contribution in [-0.2, 0) is 24.8 Å². The predicted octanol–water partition coefficient (Wildman–Crippen LogP) is 0.693. The Morgan fingerprint density at radius 1 is 1.22 bits per heavy atom. The summed E-state index contributed by atoms with van der Waals surface area (Å²) in [5.41, 5.74) is 0.954. The standard InChI is InChI=1S/C19H18N4O4/c1-21-17-16(14(27-2)7-9-20-17)18(25)23(19(21)26)11-15(24)22-10-8-12-5-3-4-6-13(12)22/h3-7,9H,8,10-11H2,1-2H3. The lowest BCUT2D eigenvalue weighted by molar-refractivity contribution is -0.119. The predicted molar refractivity (Wildman–Crippen MR) is 100 cm³/mol. The molecule has 138 valence electrons. The summed E-state index contributed by atoms with van der Waals surface area (Å²) >= 11 is 0. The molecular formula is C19H18N4O4. The zero-order valence-corrected chi connectivity index (χ0v) is 15.0. The lowest BCUT2D eigenvalue weighted by Crippen LogP contribution is -2.44. The van der Waals surface area contributed by atoms with E-state index in [2.05, 4.69) is 4.98 Å². The molecule has 2 aromatic heterocycles. The molecule has 0 saturated heterocycles. The summed E-state index contributed by atoms with van der Waals surface area (Å²) in [6.07, 6.45) is 2.22. The summed E-state index contributed by atoms with van der Waals surface area (Å²) in [5, 5.41) is 0.178. The van der Waals surface area contributed by atoms with Crippen LogP contribution in [0.25, 0.3) is 11.0 Å². The van der Waals surface area contributed by atoms with Gasteiger partial charge < -0.3 is 9.64 Å². The fourth-order valence-electron chi connectivity index (χ4n) is 3.51. The van der Waals surface area contributed by atoms with Crippen molar-refractivity contribution in [1.82, 2.24) is 14.1 Å². The average Bonchev–Trinajstić information content (AvgIpc) is 3.13. The van der Waals surface area contributed by atoms with Crippen LogP contribution in [0, 0.1) is 0 Å². The lowest BCUT2D eigenvalue weighted by Gasteiger charge is -2.18. The molecule has 0 atom stereocenters. The number of benzene rings is 1. The summed E-state index contributed by atoms with van der Waals surface area (Å²) in [6, 6.07) is 9.18. The highest BCUT2D eigenvalue weighted by molar-refractivity contribution is 5.95. The molecule has 0 unspecified atom stereocenters. The Balaban J connectivity index is 1.80. The first-order valence-corrected chi connectivity index (χ1v) is 8.53. The van der Waals surface area contributed by atoms with Gasteiger partial charge >= 0.3 is 5.69 Å². The van der Waals surface area contributed by atoms with E-state index in [-0.39, 0.29) is 23.5 Å². The van der Waals surface area contributed by atoms with Crippen molar-refractivity contribution in [3.63, 3.8) is 0 Å². The van der Waals surface area contributed by atoms with Crippen LogP contribution in [-0.4, -0.2) is 33.7 Å². The van der Waals surface area contributed by atoms with Gasteiger partial charge in [0.1, 0.15) is 17.7 Å². The minimum Gasteiger partial charge on any atom is -0.496 e. The summed E-state index contributed by atoms with van der Waals surface area (Å²) < 4.78 is 7.44. The molecule has 27 heavy (non-hydrogen) atoms. The molecule has 1 aliphatic rings. The first-order valence-electron chi connectivity index (χ1n) is 8.53. The molecular weight excluding hydrogens is 348 g/mol. The van der Waals surface area contributed by atoms with E-state index in [1.807, 2.05) is 24.3 Å². The number of amides is 1. The van der Waals surface area contributed by atoms with Gasteiger partial charge in [-0.3, -0.25) is 14.2 Å². The zero-order chi connectivity index (χ0) is 19.1. The summed E-state index contributed by atoms with van der Waals surface area (Å²) in [4.78, 5) is 44.2. The largest absolute Gasteiger partial charge is 0.496 e. The number of aryl methyl sites for hydroxylation is 1. The second-order valence-electron chi connectivity index (χ2n) is 6.37. The van der Waals surface area contributed by atoms with Crippen molar-refractivity contribution in [2.24, 2.45) is 7.05 Å². The van der Waals surface area contributed by atoms with E-state index in [0.717, 1.165) is 22.2 Å². The molecule has 1 aliphatic heterocycles. The third-order valence-corrected chi connectivity index (χ3v) is 4.89. The van der Waals surface area contributed by atoms with E-state index in [1.165, 1.54) is 24.9 Å². The van der Waals surface area contributed by atoms with Crippen LogP contribution in [0.3, 0.4) is 0 Å². The number of para-hydroxylation sites is 1. The number of carbonyl (C=O) groups excluding carboxylic acids is 1. The SMILES string of the molecule is COc1ccnc2c1c(=O)n(CC(=O)N1CCc3ccccc31)c(=O)n2C. The zero-order valence-electron chi connectivity index (χ0n) is 15.0. The van der Waals surface area contributed by atoms with Crippen molar-refractivity contribution in [3.8, 4) is 5.75 Å². The second-order valence-corrected chi connectivity index (χ2v) is 6.37. The molecule has 1 aromatic carbocycles. The molecule has 3 heterocycles. The van der Waals surface area contributed by atoms with E-state index in [0.29, 0.717) is 12.3 Å². The van der Waals surface area contributed by atoms with Crippen LogP contribution in [0.15, 0.2) is 46.1 Å². The summed E-state index contributed by atoms with van der Waals surface area (Å²) in [5.74, 6) is 0.00896. The quantitative estimate of drug-likeness (QED) is 0.681. The Hall–Kier alpha value is -3.42. The molecule has 0 spiro atoms. The number of ether oxygens (including phenoxy) is 1. The van der Waals surface area contributed by atoms with Gasteiger partial charge in [0, 0.05) is 25.5 Å². The molecule has 8 heteroatoms. The Morgan fingerprint density at radius 3 is 2.78 bits per heavy atom. The molecule has 0 fully saturated rings. The highest BCUT2D eigenvalue weighted by Gasteiger charge is 2.26. The van der Waals surface area contributed by atoms with Gasteiger partial charge in [-0.1, -0.05) is 18.2 Å². The maximum Gasteiger partial charge on any atom is 0.332 e. The Morgan fingerprint density at radius 2 is 2.00 bits per heavy atom. The third-order valence-electron chi connectivity index (χ3n) is 4.89. The van der Waals surface area contributed by atoms with Gasteiger partial charge in [-0.05, 0) is 24.1 Å². The number of fused-ring (bicyclic) bond motifs is 2. The van der Waals surface area contributed by atoms with Crippen LogP contribution < -0.4 is 20.9 Å². The molecule has 0 bridgehead atoms. The van der Waals surface area contributed by atoms with Crippen molar-refractivity contribution < 1.29 is 9.53 Å². The smallest absolute Gasteiger partial charge is 0.332 e. The highest BCUT2D eigenvalue weighted by Crippen LogP contribution is 2.27. The number of aromatic nitrogens is 3. The van der Waals surface area contributed by atoms with Gasteiger partial charge in [-0.25, -0.2) is 14.3 Å². The Bertz CT molecular complexity index is 1180. The van der Waals surface area contributed by atoms with Gasteiger partial charge in [-0.15, -0.1) is 0 Å². The van der Waals surface area contributed by atoms with E-state index in [9.17, 15) is 14.4 Å². The number of rotatable bonds is 3. The number of nitrogens with zero attached hydrogens (tertiary/aromatic N) is 4. The molecule has 0 aliphatic carbocycles. The van der Waals surface area contributed by atoms with Crippen LogP contribution in [0.5, 0.6) is 5.75 Å². The van der Waals surface area contributed by atoms with Gasteiger partial charge in [0.15, 0.2) is 5.65 Å². The fraction of sp³-hybridized carbons (Fsp3) is 0.263.